The summed E-state index contributed by atoms with van der Waals surface area (Å²) in [4.78, 5) is 23.7. The van der Waals surface area contributed by atoms with E-state index in [1.165, 1.54) is 0 Å². The van der Waals surface area contributed by atoms with Crippen LogP contribution in [-0.4, -0.2) is 27.1 Å². The molecule has 0 saturated heterocycles. The first-order chi connectivity index (χ1) is 8.55. The Hall–Kier alpha value is -2.26. The lowest BCUT2D eigenvalue weighted by molar-refractivity contribution is -0.142. The number of carboxylic acids is 2. The Morgan fingerprint density at radius 2 is 1.58 bits per heavy atom. The van der Waals surface area contributed by atoms with Crippen LogP contribution in [0.3, 0.4) is 0 Å². The molecule has 1 heterocycles. The molecule has 0 unspecified atom stereocenters. The molecule has 2 N–H and O–H groups in total. The van der Waals surface area contributed by atoms with E-state index in [-0.39, 0.29) is 6.07 Å². The summed E-state index contributed by atoms with van der Waals surface area (Å²) in [6, 6.07) is 0.0159. The fourth-order valence-corrected chi connectivity index (χ4v) is 1.24. The third-order valence-corrected chi connectivity index (χ3v) is 1.99. The predicted octanol–water partition coefficient (Wildman–Crippen LogP) is 2.43. The molecular formula is C9H4F5NO4. The van der Waals surface area contributed by atoms with Crippen molar-refractivity contribution in [3.05, 3.63) is 28.6 Å². The monoisotopic (exact) mass is 285 g/mol. The van der Waals surface area contributed by atoms with E-state index in [9.17, 15) is 31.5 Å². The van der Waals surface area contributed by atoms with E-state index in [4.69, 9.17) is 10.2 Å². The van der Waals surface area contributed by atoms with Gasteiger partial charge in [-0.3, -0.25) is 0 Å². The Balaban J connectivity index is 3.70. The van der Waals surface area contributed by atoms with E-state index < -0.39 is 47.1 Å². The number of pyridine rings is 1. The summed E-state index contributed by atoms with van der Waals surface area (Å²) in [5.74, 6) is -4.12. The van der Waals surface area contributed by atoms with Gasteiger partial charge in [-0.05, 0) is 6.07 Å². The smallest absolute Gasteiger partial charge is 0.434 e. The number of hydrogen-bond donors (Lipinski definition) is 2. The molecule has 0 spiro atoms. The Kier molecular flexibility index (Phi) is 3.73. The lowest BCUT2D eigenvalue weighted by Crippen LogP contribution is -2.19. The van der Waals surface area contributed by atoms with Crippen LogP contribution in [0.25, 0.3) is 0 Å². The van der Waals surface area contributed by atoms with Gasteiger partial charge in [0.2, 0.25) is 0 Å². The first kappa shape index (κ1) is 14.8. The highest BCUT2D eigenvalue weighted by Crippen LogP contribution is 2.33. The van der Waals surface area contributed by atoms with Gasteiger partial charge in [0.25, 0.3) is 6.43 Å². The van der Waals surface area contributed by atoms with Crippen molar-refractivity contribution >= 4 is 11.9 Å². The molecule has 0 saturated carbocycles. The zero-order chi connectivity index (χ0) is 15.0. The molecule has 0 amide bonds. The maximum Gasteiger partial charge on any atom is 0.434 e. The van der Waals surface area contributed by atoms with Crippen LogP contribution in [0.4, 0.5) is 22.0 Å². The van der Waals surface area contributed by atoms with E-state index in [0.717, 1.165) is 0 Å². The van der Waals surface area contributed by atoms with Crippen molar-refractivity contribution in [1.29, 1.82) is 0 Å². The number of aromatic carboxylic acids is 2. The average molecular weight is 285 g/mol. The van der Waals surface area contributed by atoms with Crippen molar-refractivity contribution in [2.24, 2.45) is 0 Å². The molecule has 5 nitrogen and oxygen atoms in total. The molecule has 19 heavy (non-hydrogen) atoms. The largest absolute Gasteiger partial charge is 0.478 e. The molecule has 0 atom stereocenters. The maximum absolute atomic E-state index is 12.5. The Morgan fingerprint density at radius 3 is 1.89 bits per heavy atom. The minimum Gasteiger partial charge on any atom is -0.478 e. The molecule has 10 heteroatoms. The second kappa shape index (κ2) is 4.78. The van der Waals surface area contributed by atoms with Gasteiger partial charge in [-0.1, -0.05) is 0 Å². The summed E-state index contributed by atoms with van der Waals surface area (Å²) in [7, 11) is 0. The standard InChI is InChI=1S/C9H4F5NO4/c10-6(11)4-2(7(16)17)1-3(8(18)19)5(15-4)9(12,13)14/h1,6H,(H,16,17)(H,18,19). The van der Waals surface area contributed by atoms with Gasteiger partial charge < -0.3 is 10.2 Å². The summed E-state index contributed by atoms with van der Waals surface area (Å²) in [5.41, 5.74) is -6.50. The van der Waals surface area contributed by atoms with E-state index in [2.05, 4.69) is 4.98 Å². The zero-order valence-electron chi connectivity index (χ0n) is 8.70. The van der Waals surface area contributed by atoms with Crippen LogP contribution >= 0.6 is 0 Å². The Labute approximate surface area is 101 Å². The first-order valence-corrected chi connectivity index (χ1v) is 4.42. The highest BCUT2D eigenvalue weighted by Gasteiger charge is 2.40. The van der Waals surface area contributed by atoms with Crippen molar-refractivity contribution in [3.63, 3.8) is 0 Å². The lowest BCUT2D eigenvalue weighted by atomic mass is 10.1. The number of carboxylic acid groups (broad SMARTS) is 2. The molecular weight excluding hydrogens is 281 g/mol. The van der Waals surface area contributed by atoms with Crippen molar-refractivity contribution in [1.82, 2.24) is 4.98 Å². The molecule has 0 aliphatic heterocycles. The maximum atomic E-state index is 12.5. The Morgan fingerprint density at radius 1 is 1.11 bits per heavy atom. The predicted molar refractivity (Wildman–Crippen MR) is 48.1 cm³/mol. The molecule has 0 radical (unpaired) electrons. The molecule has 0 aliphatic rings. The normalized spacial score (nSPS) is 11.7. The molecule has 0 aromatic carbocycles. The minimum atomic E-state index is -5.30. The van der Waals surface area contributed by atoms with E-state index in [1.54, 1.807) is 0 Å². The number of hydrogen-bond acceptors (Lipinski definition) is 3. The number of aromatic nitrogens is 1. The van der Waals surface area contributed by atoms with Crippen LogP contribution < -0.4 is 0 Å². The quantitative estimate of drug-likeness (QED) is 0.833. The highest BCUT2D eigenvalue weighted by molar-refractivity contribution is 5.95. The Bertz CT molecular complexity index is 540. The van der Waals surface area contributed by atoms with Crippen LogP contribution in [0.2, 0.25) is 0 Å². The number of halogens is 5. The van der Waals surface area contributed by atoms with Gasteiger partial charge in [0.05, 0.1) is 11.1 Å². The lowest BCUT2D eigenvalue weighted by Gasteiger charge is -2.13. The van der Waals surface area contributed by atoms with Gasteiger partial charge in [0.1, 0.15) is 5.69 Å². The fourth-order valence-electron chi connectivity index (χ4n) is 1.24. The molecule has 0 bridgehead atoms. The van der Waals surface area contributed by atoms with Crippen LogP contribution in [0, 0.1) is 0 Å². The third-order valence-electron chi connectivity index (χ3n) is 1.99. The third kappa shape index (κ3) is 2.95. The zero-order valence-corrected chi connectivity index (χ0v) is 8.70. The summed E-state index contributed by atoms with van der Waals surface area (Å²) in [5, 5.41) is 17.1. The van der Waals surface area contributed by atoms with Crippen LogP contribution in [0.1, 0.15) is 38.5 Å². The van der Waals surface area contributed by atoms with Crippen molar-refractivity contribution in [2.45, 2.75) is 12.6 Å². The summed E-state index contributed by atoms with van der Waals surface area (Å²) in [6.07, 6.45) is -8.89. The molecule has 1 aromatic heterocycles. The van der Waals surface area contributed by atoms with Gasteiger partial charge in [-0.2, -0.15) is 13.2 Å². The minimum absolute atomic E-state index is 0.0159. The topological polar surface area (TPSA) is 87.5 Å². The summed E-state index contributed by atoms with van der Waals surface area (Å²) in [6.45, 7) is 0. The molecule has 104 valence electrons. The number of nitrogens with zero attached hydrogens (tertiary/aromatic N) is 1. The highest BCUT2D eigenvalue weighted by atomic mass is 19.4. The van der Waals surface area contributed by atoms with E-state index >= 15 is 0 Å². The van der Waals surface area contributed by atoms with Gasteiger partial charge in [-0.25, -0.2) is 23.4 Å². The second-order valence-electron chi connectivity index (χ2n) is 3.23. The molecule has 1 aromatic rings. The van der Waals surface area contributed by atoms with Crippen molar-refractivity contribution in [3.8, 4) is 0 Å². The first-order valence-electron chi connectivity index (χ1n) is 4.42. The van der Waals surface area contributed by atoms with E-state index in [0.29, 0.717) is 0 Å². The van der Waals surface area contributed by atoms with Crippen molar-refractivity contribution in [2.75, 3.05) is 0 Å². The van der Waals surface area contributed by atoms with Crippen LogP contribution in [-0.2, 0) is 6.18 Å². The number of carbonyl (C=O) groups is 2. The van der Waals surface area contributed by atoms with Crippen LogP contribution in [0.5, 0.6) is 0 Å². The fraction of sp³-hybridized carbons (Fsp3) is 0.222. The molecule has 0 fully saturated rings. The number of rotatable bonds is 3. The van der Waals surface area contributed by atoms with Gasteiger partial charge in [0.15, 0.2) is 5.69 Å². The van der Waals surface area contributed by atoms with Gasteiger partial charge >= 0.3 is 18.1 Å². The molecule has 0 aliphatic carbocycles. The van der Waals surface area contributed by atoms with E-state index in [1.807, 2.05) is 0 Å². The van der Waals surface area contributed by atoms with Gasteiger partial charge in [-0.15, -0.1) is 0 Å². The summed E-state index contributed by atoms with van der Waals surface area (Å²) >= 11 is 0. The molecule has 1 rings (SSSR count). The average Bonchev–Trinajstić information content (AvgIpc) is 2.25. The summed E-state index contributed by atoms with van der Waals surface area (Å²) < 4.78 is 62.3. The van der Waals surface area contributed by atoms with Crippen LogP contribution in [0.15, 0.2) is 6.07 Å². The second-order valence-corrected chi connectivity index (χ2v) is 3.23. The SMILES string of the molecule is O=C(O)c1cc(C(=O)O)c(C(F)(F)F)nc1C(F)F. The number of alkyl halides is 5. The van der Waals surface area contributed by atoms with Crippen molar-refractivity contribution < 1.29 is 41.8 Å². The van der Waals surface area contributed by atoms with Gasteiger partial charge in [0, 0.05) is 0 Å².